The van der Waals surface area contributed by atoms with Crippen LogP contribution in [0.4, 0.5) is 0 Å². The van der Waals surface area contributed by atoms with E-state index in [4.69, 9.17) is 4.74 Å². The molecule has 0 aliphatic rings. The Balaban J connectivity index is 4.56. The molecular formula is C10H20O2. The Morgan fingerprint density at radius 3 is 1.75 bits per heavy atom. The quantitative estimate of drug-likeness (QED) is 0.598. The van der Waals surface area contributed by atoms with Crippen molar-refractivity contribution < 1.29 is 9.53 Å². The average molecular weight is 172 g/mol. The van der Waals surface area contributed by atoms with Crippen LogP contribution < -0.4 is 0 Å². The van der Waals surface area contributed by atoms with Crippen LogP contribution in [-0.2, 0) is 9.53 Å². The Kier molecular flexibility index (Phi) is 3.75. The summed E-state index contributed by atoms with van der Waals surface area (Å²) in [6.45, 7) is 10.3. The molecule has 2 heteroatoms. The molecule has 12 heavy (non-hydrogen) atoms. The number of carbonyl (C=O) groups is 1. The molecule has 0 saturated heterocycles. The summed E-state index contributed by atoms with van der Waals surface area (Å²) < 4.78 is 4.76. The number of esters is 1. The Hall–Kier alpha value is -0.530. The van der Waals surface area contributed by atoms with E-state index in [9.17, 15) is 4.79 Å². The minimum Gasteiger partial charge on any atom is -0.469 e. The standard InChI is InChI=1S/C10H20O2/c1-7(2)8(9(11)12-6)10(3,4)5/h7-8H,1-6H3/t8-/m1/s1. The maximum Gasteiger partial charge on any atom is 0.309 e. The molecule has 0 bridgehead atoms. The van der Waals surface area contributed by atoms with E-state index < -0.39 is 0 Å². The molecule has 0 radical (unpaired) electrons. The van der Waals surface area contributed by atoms with Crippen LogP contribution >= 0.6 is 0 Å². The SMILES string of the molecule is COC(=O)[C@@H](C(C)C)C(C)(C)C. The molecule has 0 heterocycles. The first kappa shape index (κ1) is 11.5. The molecule has 0 fully saturated rings. The molecule has 0 amide bonds. The Morgan fingerprint density at radius 1 is 1.25 bits per heavy atom. The zero-order valence-corrected chi connectivity index (χ0v) is 8.97. The normalized spacial score (nSPS) is 14.6. The molecule has 0 aliphatic heterocycles. The Bertz CT molecular complexity index is 154. The molecule has 0 aromatic heterocycles. The zero-order valence-electron chi connectivity index (χ0n) is 8.97. The summed E-state index contributed by atoms with van der Waals surface area (Å²) in [7, 11) is 1.45. The van der Waals surface area contributed by atoms with Gasteiger partial charge in [0.1, 0.15) is 0 Å². The van der Waals surface area contributed by atoms with Gasteiger partial charge in [-0.05, 0) is 11.3 Å². The first-order valence-corrected chi connectivity index (χ1v) is 4.38. The summed E-state index contributed by atoms with van der Waals surface area (Å²) in [5, 5.41) is 0. The van der Waals surface area contributed by atoms with E-state index in [1.54, 1.807) is 0 Å². The number of ether oxygens (including phenoxy) is 1. The summed E-state index contributed by atoms with van der Waals surface area (Å²) in [5.41, 5.74) is -0.0126. The van der Waals surface area contributed by atoms with Crippen molar-refractivity contribution in [3.8, 4) is 0 Å². The highest BCUT2D eigenvalue weighted by Crippen LogP contribution is 2.32. The van der Waals surface area contributed by atoms with Crippen LogP contribution in [0.15, 0.2) is 0 Å². The fourth-order valence-electron chi connectivity index (χ4n) is 1.75. The Labute approximate surface area is 75.3 Å². The van der Waals surface area contributed by atoms with E-state index in [1.165, 1.54) is 7.11 Å². The highest BCUT2D eigenvalue weighted by molar-refractivity contribution is 5.73. The van der Waals surface area contributed by atoms with Gasteiger partial charge in [0.25, 0.3) is 0 Å². The first-order valence-electron chi connectivity index (χ1n) is 4.38. The zero-order chi connectivity index (χ0) is 9.94. The molecule has 0 rings (SSSR count). The molecule has 0 N–H and O–H groups in total. The van der Waals surface area contributed by atoms with E-state index >= 15 is 0 Å². The van der Waals surface area contributed by atoms with Gasteiger partial charge >= 0.3 is 5.97 Å². The number of carbonyl (C=O) groups excluding carboxylic acids is 1. The maximum absolute atomic E-state index is 11.4. The number of rotatable bonds is 2. The monoisotopic (exact) mass is 172 g/mol. The average Bonchev–Trinajstić information content (AvgIpc) is 1.83. The minimum absolute atomic E-state index is 0.0116. The minimum atomic E-state index is -0.0995. The fraction of sp³-hybridized carbons (Fsp3) is 0.900. The summed E-state index contributed by atoms with van der Waals surface area (Å²) in [5.74, 6) is 0.220. The molecule has 0 aromatic rings. The molecule has 0 spiro atoms. The lowest BCUT2D eigenvalue weighted by atomic mass is 9.74. The van der Waals surface area contributed by atoms with Gasteiger partial charge in [-0.25, -0.2) is 0 Å². The van der Waals surface area contributed by atoms with Gasteiger partial charge in [-0.1, -0.05) is 34.6 Å². The smallest absolute Gasteiger partial charge is 0.309 e. The third-order valence-corrected chi connectivity index (χ3v) is 2.05. The van der Waals surface area contributed by atoms with E-state index in [-0.39, 0.29) is 17.3 Å². The van der Waals surface area contributed by atoms with Gasteiger partial charge in [-0.15, -0.1) is 0 Å². The molecular weight excluding hydrogens is 152 g/mol. The molecule has 72 valence electrons. The molecule has 0 unspecified atom stereocenters. The van der Waals surface area contributed by atoms with Crippen LogP contribution in [0.3, 0.4) is 0 Å². The maximum atomic E-state index is 11.4. The molecule has 0 saturated carbocycles. The van der Waals surface area contributed by atoms with Gasteiger partial charge in [0.2, 0.25) is 0 Å². The van der Waals surface area contributed by atoms with Gasteiger partial charge in [-0.3, -0.25) is 4.79 Å². The van der Waals surface area contributed by atoms with E-state index in [1.807, 2.05) is 13.8 Å². The first-order chi connectivity index (χ1) is 5.30. The van der Waals surface area contributed by atoms with Crippen molar-refractivity contribution in [3.63, 3.8) is 0 Å². The highest BCUT2D eigenvalue weighted by Gasteiger charge is 2.34. The van der Waals surface area contributed by atoms with Crippen LogP contribution in [-0.4, -0.2) is 13.1 Å². The molecule has 0 aromatic carbocycles. The number of hydrogen-bond donors (Lipinski definition) is 0. The van der Waals surface area contributed by atoms with E-state index in [2.05, 4.69) is 20.8 Å². The van der Waals surface area contributed by atoms with Gasteiger partial charge in [0.05, 0.1) is 13.0 Å². The summed E-state index contributed by atoms with van der Waals surface area (Å²) in [6.07, 6.45) is 0. The summed E-state index contributed by atoms with van der Waals surface area (Å²) >= 11 is 0. The molecule has 2 nitrogen and oxygen atoms in total. The van der Waals surface area contributed by atoms with Crippen molar-refractivity contribution in [1.82, 2.24) is 0 Å². The summed E-state index contributed by atoms with van der Waals surface area (Å²) in [4.78, 5) is 11.4. The van der Waals surface area contributed by atoms with Gasteiger partial charge in [0.15, 0.2) is 0 Å². The van der Waals surface area contributed by atoms with Crippen molar-refractivity contribution in [2.24, 2.45) is 17.3 Å². The van der Waals surface area contributed by atoms with Crippen LogP contribution in [0.25, 0.3) is 0 Å². The fourth-order valence-corrected chi connectivity index (χ4v) is 1.75. The molecule has 1 atom stereocenters. The largest absolute Gasteiger partial charge is 0.469 e. The van der Waals surface area contributed by atoms with Gasteiger partial charge < -0.3 is 4.74 Å². The third kappa shape index (κ3) is 2.84. The third-order valence-electron chi connectivity index (χ3n) is 2.05. The van der Waals surface area contributed by atoms with Crippen molar-refractivity contribution >= 4 is 5.97 Å². The van der Waals surface area contributed by atoms with Crippen molar-refractivity contribution in [2.75, 3.05) is 7.11 Å². The Morgan fingerprint density at radius 2 is 1.67 bits per heavy atom. The van der Waals surface area contributed by atoms with Crippen LogP contribution in [0.2, 0.25) is 0 Å². The van der Waals surface area contributed by atoms with Gasteiger partial charge in [0, 0.05) is 0 Å². The number of hydrogen-bond acceptors (Lipinski definition) is 2. The van der Waals surface area contributed by atoms with Crippen molar-refractivity contribution in [3.05, 3.63) is 0 Å². The van der Waals surface area contributed by atoms with Crippen molar-refractivity contribution in [1.29, 1.82) is 0 Å². The predicted molar refractivity (Wildman–Crippen MR) is 49.8 cm³/mol. The second-order valence-electron chi connectivity index (χ2n) is 4.61. The van der Waals surface area contributed by atoms with Crippen LogP contribution in [0, 0.1) is 17.3 Å². The predicted octanol–water partition coefficient (Wildman–Crippen LogP) is 2.48. The number of methoxy groups -OCH3 is 1. The topological polar surface area (TPSA) is 26.3 Å². The highest BCUT2D eigenvalue weighted by atomic mass is 16.5. The lowest BCUT2D eigenvalue weighted by molar-refractivity contribution is -0.151. The summed E-state index contributed by atoms with van der Waals surface area (Å²) in [6, 6.07) is 0. The molecule has 0 aliphatic carbocycles. The second kappa shape index (κ2) is 3.92. The van der Waals surface area contributed by atoms with E-state index in [0.717, 1.165) is 0 Å². The van der Waals surface area contributed by atoms with Crippen LogP contribution in [0.1, 0.15) is 34.6 Å². The lowest BCUT2D eigenvalue weighted by Crippen LogP contribution is -2.33. The van der Waals surface area contributed by atoms with Crippen molar-refractivity contribution in [2.45, 2.75) is 34.6 Å². The van der Waals surface area contributed by atoms with Crippen LogP contribution in [0.5, 0.6) is 0 Å². The van der Waals surface area contributed by atoms with Gasteiger partial charge in [-0.2, -0.15) is 0 Å². The van der Waals surface area contributed by atoms with E-state index in [0.29, 0.717) is 5.92 Å². The lowest BCUT2D eigenvalue weighted by Gasteiger charge is -2.31. The second-order valence-corrected chi connectivity index (χ2v) is 4.61.